The van der Waals surface area contributed by atoms with E-state index < -0.39 is 11.6 Å². The van der Waals surface area contributed by atoms with E-state index in [1.54, 1.807) is 11.8 Å². The van der Waals surface area contributed by atoms with Crippen molar-refractivity contribution in [2.75, 3.05) is 12.0 Å². The molecule has 0 saturated heterocycles. The molecule has 0 bridgehead atoms. The standard InChI is InChI=1S/C14H21BrN2OS/c1-14(2,10-4-6-11(15)7-5-10)17-13(18)12(16)8-9-19-3/h4-7,12H,8-9,16H2,1-3H3,(H,17,18)/t12-/m1/s1. The van der Waals surface area contributed by atoms with Crippen LogP contribution in [-0.2, 0) is 10.3 Å². The number of amides is 1. The quantitative estimate of drug-likeness (QED) is 0.834. The number of benzene rings is 1. The molecule has 1 rings (SSSR count). The van der Waals surface area contributed by atoms with Gasteiger partial charge in [-0.15, -0.1) is 0 Å². The van der Waals surface area contributed by atoms with Crippen LogP contribution >= 0.6 is 27.7 Å². The summed E-state index contributed by atoms with van der Waals surface area (Å²) in [7, 11) is 0. The highest BCUT2D eigenvalue weighted by Crippen LogP contribution is 2.22. The summed E-state index contributed by atoms with van der Waals surface area (Å²) in [6.45, 7) is 3.96. The van der Waals surface area contributed by atoms with E-state index in [-0.39, 0.29) is 5.91 Å². The van der Waals surface area contributed by atoms with Crippen LogP contribution in [0.1, 0.15) is 25.8 Å². The summed E-state index contributed by atoms with van der Waals surface area (Å²) in [6, 6.07) is 7.49. The van der Waals surface area contributed by atoms with Crippen molar-refractivity contribution in [1.82, 2.24) is 5.32 Å². The molecular weight excluding hydrogens is 324 g/mol. The van der Waals surface area contributed by atoms with Gasteiger partial charge in [0.15, 0.2) is 0 Å². The van der Waals surface area contributed by atoms with Crippen LogP contribution in [0.4, 0.5) is 0 Å². The summed E-state index contributed by atoms with van der Waals surface area (Å²) in [5, 5.41) is 3.01. The molecule has 1 aromatic carbocycles. The normalized spacial score (nSPS) is 13.1. The van der Waals surface area contributed by atoms with Gasteiger partial charge in [0.25, 0.3) is 0 Å². The molecule has 106 valence electrons. The Hall–Kier alpha value is -0.520. The van der Waals surface area contributed by atoms with Crippen molar-refractivity contribution in [2.24, 2.45) is 5.73 Å². The number of hydrogen-bond acceptors (Lipinski definition) is 3. The van der Waals surface area contributed by atoms with E-state index in [1.165, 1.54) is 0 Å². The average molecular weight is 345 g/mol. The number of nitrogens with one attached hydrogen (secondary N) is 1. The van der Waals surface area contributed by atoms with E-state index in [0.29, 0.717) is 6.42 Å². The first-order chi connectivity index (χ1) is 8.86. The molecule has 5 heteroatoms. The summed E-state index contributed by atoms with van der Waals surface area (Å²) in [6.07, 6.45) is 2.71. The fraction of sp³-hybridized carbons (Fsp3) is 0.500. The lowest BCUT2D eigenvalue weighted by Gasteiger charge is -2.28. The number of rotatable bonds is 6. The smallest absolute Gasteiger partial charge is 0.237 e. The molecule has 0 spiro atoms. The van der Waals surface area contributed by atoms with Crippen molar-refractivity contribution in [2.45, 2.75) is 31.8 Å². The summed E-state index contributed by atoms with van der Waals surface area (Å²) >= 11 is 5.10. The zero-order valence-corrected chi connectivity index (χ0v) is 14.0. The minimum absolute atomic E-state index is 0.0954. The molecule has 1 aromatic rings. The van der Waals surface area contributed by atoms with Crippen LogP contribution in [0, 0.1) is 0 Å². The van der Waals surface area contributed by atoms with Gasteiger partial charge in [-0.05, 0) is 50.0 Å². The van der Waals surface area contributed by atoms with Gasteiger partial charge in [0, 0.05) is 4.47 Å². The molecule has 0 fully saturated rings. The third-order valence-corrected chi connectivity index (χ3v) is 4.14. The molecule has 1 atom stereocenters. The topological polar surface area (TPSA) is 55.1 Å². The van der Waals surface area contributed by atoms with Gasteiger partial charge in [-0.3, -0.25) is 4.79 Å². The molecule has 0 aliphatic heterocycles. The molecule has 19 heavy (non-hydrogen) atoms. The van der Waals surface area contributed by atoms with Gasteiger partial charge in [0.05, 0.1) is 11.6 Å². The van der Waals surface area contributed by atoms with Crippen molar-refractivity contribution < 1.29 is 4.79 Å². The van der Waals surface area contributed by atoms with E-state index in [9.17, 15) is 4.79 Å². The number of carbonyl (C=O) groups excluding carboxylic acids is 1. The van der Waals surface area contributed by atoms with Crippen LogP contribution < -0.4 is 11.1 Å². The van der Waals surface area contributed by atoms with Gasteiger partial charge < -0.3 is 11.1 Å². The van der Waals surface area contributed by atoms with Crippen molar-refractivity contribution in [1.29, 1.82) is 0 Å². The lowest BCUT2D eigenvalue weighted by atomic mass is 9.94. The van der Waals surface area contributed by atoms with Crippen molar-refractivity contribution >= 4 is 33.6 Å². The largest absolute Gasteiger partial charge is 0.346 e. The SMILES string of the molecule is CSCC[C@@H](N)C(=O)NC(C)(C)c1ccc(Br)cc1. The Bertz CT molecular complexity index is 420. The number of carbonyl (C=O) groups is 1. The minimum Gasteiger partial charge on any atom is -0.346 e. The number of nitrogens with two attached hydrogens (primary N) is 1. The highest BCUT2D eigenvalue weighted by Gasteiger charge is 2.25. The van der Waals surface area contributed by atoms with Crippen molar-refractivity contribution in [3.8, 4) is 0 Å². The van der Waals surface area contributed by atoms with Gasteiger partial charge in [0.1, 0.15) is 0 Å². The Balaban J connectivity index is 2.68. The van der Waals surface area contributed by atoms with Crippen molar-refractivity contribution in [3.05, 3.63) is 34.3 Å². The zero-order chi connectivity index (χ0) is 14.5. The van der Waals surface area contributed by atoms with E-state index >= 15 is 0 Å². The minimum atomic E-state index is -0.442. The van der Waals surface area contributed by atoms with Gasteiger partial charge in [-0.1, -0.05) is 28.1 Å². The molecule has 0 radical (unpaired) electrons. The van der Waals surface area contributed by atoms with Crippen LogP contribution in [0.3, 0.4) is 0 Å². The molecule has 0 saturated carbocycles. The first kappa shape index (κ1) is 16.5. The van der Waals surface area contributed by atoms with E-state index in [0.717, 1.165) is 15.8 Å². The zero-order valence-electron chi connectivity index (χ0n) is 11.6. The molecular formula is C14H21BrN2OS. The monoisotopic (exact) mass is 344 g/mol. The first-order valence-corrected chi connectivity index (χ1v) is 8.38. The van der Waals surface area contributed by atoms with Gasteiger partial charge >= 0.3 is 0 Å². The van der Waals surface area contributed by atoms with E-state index in [4.69, 9.17) is 5.73 Å². The molecule has 0 aliphatic rings. The van der Waals surface area contributed by atoms with Crippen molar-refractivity contribution in [3.63, 3.8) is 0 Å². The molecule has 0 aliphatic carbocycles. The Morgan fingerprint density at radius 2 is 2.00 bits per heavy atom. The van der Waals surface area contributed by atoms with Crippen LogP contribution in [0.5, 0.6) is 0 Å². The lowest BCUT2D eigenvalue weighted by molar-refractivity contribution is -0.124. The van der Waals surface area contributed by atoms with Gasteiger partial charge in [-0.2, -0.15) is 11.8 Å². The highest BCUT2D eigenvalue weighted by atomic mass is 79.9. The third kappa shape index (κ3) is 5.16. The predicted octanol–water partition coefficient (Wildman–Crippen LogP) is 2.88. The summed E-state index contributed by atoms with van der Waals surface area (Å²) in [5.74, 6) is 0.801. The summed E-state index contributed by atoms with van der Waals surface area (Å²) in [4.78, 5) is 12.1. The average Bonchev–Trinajstić information content (AvgIpc) is 2.35. The van der Waals surface area contributed by atoms with E-state index in [2.05, 4.69) is 21.2 Å². The second-order valence-electron chi connectivity index (χ2n) is 5.01. The Morgan fingerprint density at radius 3 is 2.53 bits per heavy atom. The Morgan fingerprint density at radius 1 is 1.42 bits per heavy atom. The Kier molecular flexibility index (Phi) is 6.36. The summed E-state index contributed by atoms with van der Waals surface area (Å²) < 4.78 is 1.02. The maximum absolute atomic E-state index is 12.1. The number of thioether (sulfide) groups is 1. The highest BCUT2D eigenvalue weighted by molar-refractivity contribution is 9.10. The second-order valence-corrected chi connectivity index (χ2v) is 6.91. The second kappa shape index (κ2) is 7.31. The first-order valence-electron chi connectivity index (χ1n) is 6.19. The van der Waals surface area contributed by atoms with Crippen LogP contribution in [0.25, 0.3) is 0 Å². The maximum Gasteiger partial charge on any atom is 0.237 e. The Labute approximate surface area is 127 Å². The van der Waals surface area contributed by atoms with Gasteiger partial charge in [-0.25, -0.2) is 0 Å². The number of halogens is 1. The predicted molar refractivity (Wildman–Crippen MR) is 86.3 cm³/mol. The summed E-state index contributed by atoms with van der Waals surface area (Å²) in [5.41, 5.74) is 6.51. The van der Waals surface area contributed by atoms with Gasteiger partial charge in [0.2, 0.25) is 5.91 Å². The molecule has 0 unspecified atom stereocenters. The molecule has 0 aromatic heterocycles. The van der Waals surface area contributed by atoms with Crippen LogP contribution in [0.15, 0.2) is 28.7 Å². The molecule has 0 heterocycles. The van der Waals surface area contributed by atoms with Crippen LogP contribution in [0.2, 0.25) is 0 Å². The number of hydrogen-bond donors (Lipinski definition) is 2. The van der Waals surface area contributed by atoms with E-state index in [1.807, 2.05) is 44.4 Å². The molecule has 1 amide bonds. The maximum atomic E-state index is 12.1. The fourth-order valence-electron chi connectivity index (χ4n) is 1.72. The third-order valence-electron chi connectivity index (χ3n) is 2.97. The molecule has 3 nitrogen and oxygen atoms in total. The fourth-order valence-corrected chi connectivity index (χ4v) is 2.47. The lowest BCUT2D eigenvalue weighted by Crippen LogP contribution is -2.49. The van der Waals surface area contributed by atoms with Crippen LogP contribution in [-0.4, -0.2) is 24.0 Å². The molecule has 3 N–H and O–H groups in total.